The van der Waals surface area contributed by atoms with Crippen LogP contribution in [-0.4, -0.2) is 18.8 Å². The molecule has 2 unspecified atom stereocenters. The molecule has 2 fully saturated rings. The Morgan fingerprint density at radius 1 is 1.33 bits per heavy atom. The quantitative estimate of drug-likeness (QED) is 0.859. The molecule has 0 bridgehead atoms. The SMILES string of the molecule is CC1(CNC(c2ccccc2)C2CC2)CCCO1. The first-order valence-electron chi connectivity index (χ1n) is 7.19. The number of hydrogen-bond acceptors (Lipinski definition) is 2. The van der Waals surface area contributed by atoms with Crippen molar-refractivity contribution in [2.24, 2.45) is 5.92 Å². The van der Waals surface area contributed by atoms with Crippen molar-refractivity contribution >= 4 is 0 Å². The molecule has 1 heterocycles. The minimum atomic E-state index is 0.0575. The Morgan fingerprint density at radius 3 is 2.72 bits per heavy atom. The van der Waals surface area contributed by atoms with Crippen LogP contribution in [0.2, 0.25) is 0 Å². The van der Waals surface area contributed by atoms with Crippen LogP contribution >= 0.6 is 0 Å². The third-order valence-corrected chi connectivity index (χ3v) is 4.25. The predicted molar refractivity (Wildman–Crippen MR) is 73.5 cm³/mol. The van der Waals surface area contributed by atoms with Gasteiger partial charge in [-0.1, -0.05) is 30.3 Å². The molecule has 2 aliphatic rings. The van der Waals surface area contributed by atoms with Crippen LogP contribution in [0.4, 0.5) is 0 Å². The minimum Gasteiger partial charge on any atom is -0.374 e. The van der Waals surface area contributed by atoms with E-state index in [0.29, 0.717) is 6.04 Å². The van der Waals surface area contributed by atoms with E-state index >= 15 is 0 Å². The molecular weight excluding hydrogens is 222 g/mol. The third-order valence-electron chi connectivity index (χ3n) is 4.25. The summed E-state index contributed by atoms with van der Waals surface area (Å²) in [7, 11) is 0. The monoisotopic (exact) mass is 245 g/mol. The minimum absolute atomic E-state index is 0.0575. The molecule has 1 aromatic rings. The molecule has 1 aliphatic heterocycles. The Balaban J connectivity index is 1.64. The van der Waals surface area contributed by atoms with Crippen LogP contribution < -0.4 is 5.32 Å². The highest BCUT2D eigenvalue weighted by Crippen LogP contribution is 2.41. The number of rotatable bonds is 5. The summed E-state index contributed by atoms with van der Waals surface area (Å²) in [5.74, 6) is 0.831. The Hall–Kier alpha value is -0.860. The van der Waals surface area contributed by atoms with Gasteiger partial charge < -0.3 is 10.1 Å². The number of ether oxygens (including phenoxy) is 1. The van der Waals surface area contributed by atoms with E-state index in [1.165, 1.54) is 31.2 Å². The fraction of sp³-hybridized carbons (Fsp3) is 0.625. The van der Waals surface area contributed by atoms with Crippen molar-refractivity contribution in [3.05, 3.63) is 35.9 Å². The molecule has 2 heteroatoms. The molecule has 1 saturated carbocycles. The van der Waals surface area contributed by atoms with Crippen molar-refractivity contribution in [3.8, 4) is 0 Å². The fourth-order valence-corrected chi connectivity index (χ4v) is 2.95. The van der Waals surface area contributed by atoms with Crippen molar-refractivity contribution in [3.63, 3.8) is 0 Å². The zero-order valence-electron chi connectivity index (χ0n) is 11.2. The van der Waals surface area contributed by atoms with E-state index in [-0.39, 0.29) is 5.60 Å². The molecule has 0 aromatic heterocycles. The Morgan fingerprint density at radius 2 is 2.11 bits per heavy atom. The molecule has 1 saturated heterocycles. The highest BCUT2D eigenvalue weighted by Gasteiger charge is 2.35. The van der Waals surface area contributed by atoms with Gasteiger partial charge in [-0.25, -0.2) is 0 Å². The summed E-state index contributed by atoms with van der Waals surface area (Å²) in [5.41, 5.74) is 1.49. The topological polar surface area (TPSA) is 21.3 Å². The number of benzene rings is 1. The van der Waals surface area contributed by atoms with Crippen molar-refractivity contribution in [1.82, 2.24) is 5.32 Å². The fourth-order valence-electron chi connectivity index (χ4n) is 2.95. The van der Waals surface area contributed by atoms with Crippen LogP contribution in [0.1, 0.15) is 44.2 Å². The maximum absolute atomic E-state index is 5.86. The van der Waals surface area contributed by atoms with Gasteiger partial charge in [0.15, 0.2) is 0 Å². The third kappa shape index (κ3) is 2.76. The van der Waals surface area contributed by atoms with Gasteiger partial charge in [0.05, 0.1) is 5.60 Å². The second-order valence-corrected chi connectivity index (χ2v) is 6.01. The number of nitrogens with one attached hydrogen (secondary N) is 1. The first-order chi connectivity index (χ1) is 8.77. The molecular formula is C16H23NO. The molecule has 0 radical (unpaired) electrons. The summed E-state index contributed by atoms with van der Waals surface area (Å²) in [6, 6.07) is 11.4. The van der Waals surface area contributed by atoms with Gasteiger partial charge >= 0.3 is 0 Å². The molecule has 98 valence electrons. The van der Waals surface area contributed by atoms with Crippen molar-refractivity contribution in [2.45, 2.75) is 44.2 Å². The molecule has 18 heavy (non-hydrogen) atoms. The van der Waals surface area contributed by atoms with E-state index in [1.54, 1.807) is 0 Å². The highest BCUT2D eigenvalue weighted by atomic mass is 16.5. The lowest BCUT2D eigenvalue weighted by Gasteiger charge is -2.27. The zero-order chi connectivity index (χ0) is 12.4. The number of hydrogen-bond donors (Lipinski definition) is 1. The average Bonchev–Trinajstić information content (AvgIpc) is 3.13. The standard InChI is InChI=1S/C16H23NO/c1-16(10-5-11-18-16)12-17-15(14-8-9-14)13-6-3-2-4-7-13/h2-4,6-7,14-15,17H,5,8-12H2,1H3. The van der Waals surface area contributed by atoms with Crippen LogP contribution in [0.25, 0.3) is 0 Å². The molecule has 0 spiro atoms. The summed E-state index contributed by atoms with van der Waals surface area (Å²) >= 11 is 0. The van der Waals surface area contributed by atoms with Crippen LogP contribution in [-0.2, 0) is 4.74 Å². The van der Waals surface area contributed by atoms with E-state index in [0.717, 1.165) is 19.1 Å². The largest absolute Gasteiger partial charge is 0.374 e. The van der Waals surface area contributed by atoms with Gasteiger partial charge in [-0.2, -0.15) is 0 Å². The normalized spacial score (nSPS) is 29.4. The van der Waals surface area contributed by atoms with Crippen LogP contribution in [0.15, 0.2) is 30.3 Å². The summed E-state index contributed by atoms with van der Waals surface area (Å²) in [4.78, 5) is 0. The summed E-state index contributed by atoms with van der Waals surface area (Å²) in [6.45, 7) is 4.14. The lowest BCUT2D eigenvalue weighted by Crippen LogP contribution is -2.39. The van der Waals surface area contributed by atoms with E-state index < -0.39 is 0 Å². The van der Waals surface area contributed by atoms with Crippen molar-refractivity contribution in [2.75, 3.05) is 13.2 Å². The second-order valence-electron chi connectivity index (χ2n) is 6.01. The molecule has 3 rings (SSSR count). The second kappa shape index (κ2) is 5.02. The summed E-state index contributed by atoms with van der Waals surface area (Å²) in [5, 5.41) is 3.76. The molecule has 1 aliphatic carbocycles. The maximum Gasteiger partial charge on any atom is 0.0779 e. The molecule has 2 nitrogen and oxygen atoms in total. The lowest BCUT2D eigenvalue weighted by molar-refractivity contribution is 0.0181. The van der Waals surface area contributed by atoms with Gasteiger partial charge in [-0.3, -0.25) is 0 Å². The first-order valence-corrected chi connectivity index (χ1v) is 7.19. The van der Waals surface area contributed by atoms with Gasteiger partial charge in [0.1, 0.15) is 0 Å². The smallest absolute Gasteiger partial charge is 0.0779 e. The lowest BCUT2D eigenvalue weighted by atomic mass is 9.99. The van der Waals surface area contributed by atoms with Gasteiger partial charge in [0.2, 0.25) is 0 Å². The van der Waals surface area contributed by atoms with E-state index in [2.05, 4.69) is 42.6 Å². The first kappa shape index (κ1) is 12.2. The Kier molecular flexibility index (Phi) is 3.40. The predicted octanol–water partition coefficient (Wildman–Crippen LogP) is 3.30. The van der Waals surface area contributed by atoms with Crippen molar-refractivity contribution < 1.29 is 4.74 Å². The maximum atomic E-state index is 5.86. The summed E-state index contributed by atoms with van der Waals surface area (Å²) in [6.07, 6.45) is 5.12. The van der Waals surface area contributed by atoms with Gasteiger partial charge in [-0.15, -0.1) is 0 Å². The van der Waals surface area contributed by atoms with Gasteiger partial charge in [0, 0.05) is 19.2 Å². The zero-order valence-corrected chi connectivity index (χ0v) is 11.2. The van der Waals surface area contributed by atoms with Crippen molar-refractivity contribution in [1.29, 1.82) is 0 Å². The highest BCUT2D eigenvalue weighted by molar-refractivity contribution is 5.21. The summed E-state index contributed by atoms with van der Waals surface area (Å²) < 4.78 is 5.86. The van der Waals surface area contributed by atoms with Crippen LogP contribution in [0, 0.1) is 5.92 Å². The van der Waals surface area contributed by atoms with E-state index in [9.17, 15) is 0 Å². The molecule has 0 amide bonds. The van der Waals surface area contributed by atoms with E-state index in [4.69, 9.17) is 4.74 Å². The van der Waals surface area contributed by atoms with Crippen LogP contribution in [0.5, 0.6) is 0 Å². The molecule has 2 atom stereocenters. The average molecular weight is 245 g/mol. The molecule has 1 N–H and O–H groups in total. The molecule has 1 aromatic carbocycles. The van der Waals surface area contributed by atoms with E-state index in [1.807, 2.05) is 0 Å². The Bertz CT molecular complexity index is 379. The van der Waals surface area contributed by atoms with Gasteiger partial charge in [0.25, 0.3) is 0 Å². The van der Waals surface area contributed by atoms with Gasteiger partial charge in [-0.05, 0) is 44.1 Å². The Labute approximate surface area is 110 Å². The van der Waals surface area contributed by atoms with Crippen LogP contribution in [0.3, 0.4) is 0 Å².